The van der Waals surface area contributed by atoms with E-state index in [0.29, 0.717) is 6.61 Å². The average molecular weight is 376 g/mol. The van der Waals surface area contributed by atoms with Crippen LogP contribution in [-0.2, 0) is 17.9 Å². The molecule has 5 nitrogen and oxygen atoms in total. The van der Waals surface area contributed by atoms with Crippen LogP contribution in [0.4, 0.5) is 8.78 Å². The number of carbonyl (C=O) groups excluding carboxylic acids is 1. The molecule has 1 saturated heterocycles. The fourth-order valence-electron chi connectivity index (χ4n) is 2.95. The van der Waals surface area contributed by atoms with Crippen LogP contribution in [0.15, 0.2) is 48.5 Å². The van der Waals surface area contributed by atoms with Gasteiger partial charge in [0.05, 0.1) is 5.92 Å². The van der Waals surface area contributed by atoms with Gasteiger partial charge in [-0.15, -0.1) is 0 Å². The third-order valence-electron chi connectivity index (χ3n) is 4.46. The van der Waals surface area contributed by atoms with Gasteiger partial charge in [-0.3, -0.25) is 9.69 Å². The summed E-state index contributed by atoms with van der Waals surface area (Å²) in [6.07, 6.45) is 0. The summed E-state index contributed by atoms with van der Waals surface area (Å²) in [5, 5.41) is 2.68. The maximum atomic E-state index is 12.1. The molecule has 0 spiro atoms. The zero-order valence-corrected chi connectivity index (χ0v) is 15.0. The van der Waals surface area contributed by atoms with Gasteiger partial charge in [-0.05, 0) is 35.4 Å². The summed E-state index contributed by atoms with van der Waals surface area (Å²) in [6.45, 7) is -0.114. The van der Waals surface area contributed by atoms with Gasteiger partial charge in [0.25, 0.3) is 0 Å². The van der Waals surface area contributed by atoms with Crippen molar-refractivity contribution < 1.29 is 23.0 Å². The van der Waals surface area contributed by atoms with Gasteiger partial charge < -0.3 is 14.8 Å². The number of hydrogen-bond donors (Lipinski definition) is 1. The average Bonchev–Trinajstić information content (AvgIpc) is 2.63. The fraction of sp³-hybridized carbons (Fsp3) is 0.350. The number of carbonyl (C=O) groups is 1. The highest BCUT2D eigenvalue weighted by atomic mass is 19.3. The van der Waals surface area contributed by atoms with Gasteiger partial charge in [0.2, 0.25) is 5.91 Å². The van der Waals surface area contributed by atoms with E-state index in [0.717, 1.165) is 36.5 Å². The van der Waals surface area contributed by atoms with Crippen molar-refractivity contribution in [1.82, 2.24) is 10.2 Å². The Labute approximate surface area is 156 Å². The minimum Gasteiger partial charge on any atom is -0.489 e. The first-order valence-corrected chi connectivity index (χ1v) is 8.73. The number of amides is 1. The van der Waals surface area contributed by atoms with Crippen LogP contribution in [0.5, 0.6) is 11.5 Å². The molecule has 1 aliphatic heterocycles. The number of nitrogens with one attached hydrogen (secondary N) is 1. The number of hydrogen-bond acceptors (Lipinski definition) is 4. The van der Waals surface area contributed by atoms with Gasteiger partial charge in [0, 0.05) is 26.7 Å². The van der Waals surface area contributed by atoms with Crippen LogP contribution in [0, 0.1) is 5.92 Å². The largest absolute Gasteiger partial charge is 0.489 e. The highest BCUT2D eigenvalue weighted by molar-refractivity contribution is 5.79. The second-order valence-corrected chi connectivity index (χ2v) is 6.46. The lowest BCUT2D eigenvalue weighted by Crippen LogP contribution is -2.52. The van der Waals surface area contributed by atoms with Crippen molar-refractivity contribution in [2.24, 2.45) is 5.92 Å². The van der Waals surface area contributed by atoms with Gasteiger partial charge in [-0.2, -0.15) is 8.78 Å². The molecule has 1 aliphatic rings. The van der Waals surface area contributed by atoms with Crippen LogP contribution in [0.3, 0.4) is 0 Å². The Balaban J connectivity index is 1.43. The van der Waals surface area contributed by atoms with Crippen LogP contribution in [0.25, 0.3) is 0 Å². The Kier molecular flexibility index (Phi) is 6.24. The predicted molar refractivity (Wildman–Crippen MR) is 96.7 cm³/mol. The molecule has 2 aromatic carbocycles. The number of benzene rings is 2. The Hall–Kier alpha value is -2.67. The summed E-state index contributed by atoms with van der Waals surface area (Å²) in [7, 11) is 1.66. The molecule has 27 heavy (non-hydrogen) atoms. The van der Waals surface area contributed by atoms with E-state index < -0.39 is 6.61 Å². The monoisotopic (exact) mass is 376 g/mol. The molecule has 1 fully saturated rings. The van der Waals surface area contributed by atoms with E-state index in [-0.39, 0.29) is 17.6 Å². The van der Waals surface area contributed by atoms with Crippen molar-refractivity contribution >= 4 is 5.91 Å². The first kappa shape index (κ1) is 19.1. The highest BCUT2D eigenvalue weighted by Crippen LogP contribution is 2.21. The fourth-order valence-corrected chi connectivity index (χ4v) is 2.95. The Bertz CT molecular complexity index is 745. The van der Waals surface area contributed by atoms with Crippen LogP contribution in [0.2, 0.25) is 0 Å². The van der Waals surface area contributed by atoms with Crippen molar-refractivity contribution in [3.8, 4) is 11.5 Å². The standard InChI is InChI=1S/C20H22F2N2O3/c1-23-19(25)16-11-24(12-16)10-14-2-6-17(7-3-14)26-13-15-4-8-18(9-5-15)27-20(21)22/h2-9,16,20H,10-13H2,1H3,(H,23,25). The predicted octanol–water partition coefficient (Wildman–Crippen LogP) is 3.04. The number of likely N-dealkylation sites (tertiary alicyclic amines) is 1. The molecular weight excluding hydrogens is 354 g/mol. The Morgan fingerprint density at radius 1 is 1.07 bits per heavy atom. The summed E-state index contributed by atoms with van der Waals surface area (Å²) in [5.74, 6) is 1.06. The van der Waals surface area contributed by atoms with E-state index in [1.54, 1.807) is 19.2 Å². The lowest BCUT2D eigenvalue weighted by atomic mass is 9.98. The molecule has 0 aliphatic carbocycles. The van der Waals surface area contributed by atoms with Crippen LogP contribution >= 0.6 is 0 Å². The van der Waals surface area contributed by atoms with Crippen molar-refractivity contribution in [1.29, 1.82) is 0 Å². The molecular formula is C20H22F2N2O3. The normalized spacial score (nSPS) is 14.7. The lowest BCUT2D eigenvalue weighted by Gasteiger charge is -2.38. The number of ether oxygens (including phenoxy) is 2. The molecule has 3 rings (SSSR count). The molecule has 144 valence electrons. The summed E-state index contributed by atoms with van der Waals surface area (Å²) >= 11 is 0. The summed E-state index contributed by atoms with van der Waals surface area (Å²) < 4.78 is 34.3. The SMILES string of the molecule is CNC(=O)C1CN(Cc2ccc(OCc3ccc(OC(F)F)cc3)cc2)C1. The molecule has 1 amide bonds. The summed E-state index contributed by atoms with van der Waals surface area (Å²) in [6, 6.07) is 14.2. The van der Waals surface area contributed by atoms with E-state index in [1.165, 1.54) is 12.1 Å². The number of rotatable bonds is 8. The first-order valence-electron chi connectivity index (χ1n) is 8.73. The smallest absolute Gasteiger partial charge is 0.387 e. The molecule has 0 saturated carbocycles. The van der Waals surface area contributed by atoms with E-state index in [4.69, 9.17) is 4.74 Å². The minimum absolute atomic E-state index is 0.0927. The maximum Gasteiger partial charge on any atom is 0.387 e. The zero-order chi connectivity index (χ0) is 19.2. The number of halogens is 2. The molecule has 2 aromatic rings. The van der Waals surface area contributed by atoms with E-state index in [9.17, 15) is 13.6 Å². The maximum absolute atomic E-state index is 12.1. The molecule has 0 radical (unpaired) electrons. The van der Waals surface area contributed by atoms with Gasteiger partial charge in [-0.1, -0.05) is 24.3 Å². The minimum atomic E-state index is -2.82. The molecule has 1 heterocycles. The topological polar surface area (TPSA) is 50.8 Å². The molecule has 0 aromatic heterocycles. The third kappa shape index (κ3) is 5.40. The van der Waals surface area contributed by atoms with E-state index in [1.807, 2.05) is 24.3 Å². The molecule has 0 bridgehead atoms. The lowest BCUT2D eigenvalue weighted by molar-refractivity contribution is -0.129. The zero-order valence-electron chi connectivity index (χ0n) is 15.0. The van der Waals surface area contributed by atoms with Crippen molar-refractivity contribution in [3.05, 3.63) is 59.7 Å². The van der Waals surface area contributed by atoms with E-state index in [2.05, 4.69) is 15.0 Å². The Morgan fingerprint density at radius 3 is 2.26 bits per heavy atom. The van der Waals surface area contributed by atoms with Crippen LogP contribution in [0.1, 0.15) is 11.1 Å². The third-order valence-corrected chi connectivity index (χ3v) is 4.46. The van der Waals surface area contributed by atoms with Crippen molar-refractivity contribution in [2.45, 2.75) is 19.8 Å². The summed E-state index contributed by atoms with van der Waals surface area (Å²) in [4.78, 5) is 13.7. The number of alkyl halides is 2. The molecule has 1 N–H and O–H groups in total. The summed E-state index contributed by atoms with van der Waals surface area (Å²) in [5.41, 5.74) is 2.02. The van der Waals surface area contributed by atoms with E-state index >= 15 is 0 Å². The molecule has 7 heteroatoms. The van der Waals surface area contributed by atoms with Gasteiger partial charge in [-0.25, -0.2) is 0 Å². The van der Waals surface area contributed by atoms with Crippen LogP contribution < -0.4 is 14.8 Å². The second-order valence-electron chi connectivity index (χ2n) is 6.46. The highest BCUT2D eigenvalue weighted by Gasteiger charge is 2.31. The quantitative estimate of drug-likeness (QED) is 0.769. The molecule has 0 atom stereocenters. The second kappa shape index (κ2) is 8.81. The number of nitrogens with zero attached hydrogens (tertiary/aromatic N) is 1. The molecule has 0 unspecified atom stereocenters. The van der Waals surface area contributed by atoms with Crippen molar-refractivity contribution in [3.63, 3.8) is 0 Å². The van der Waals surface area contributed by atoms with Gasteiger partial charge in [0.15, 0.2) is 0 Å². The van der Waals surface area contributed by atoms with Crippen molar-refractivity contribution in [2.75, 3.05) is 20.1 Å². The van der Waals surface area contributed by atoms with Gasteiger partial charge >= 0.3 is 6.61 Å². The van der Waals surface area contributed by atoms with Gasteiger partial charge in [0.1, 0.15) is 18.1 Å². The first-order chi connectivity index (χ1) is 13.0. The Morgan fingerprint density at radius 2 is 1.67 bits per heavy atom. The van der Waals surface area contributed by atoms with Crippen LogP contribution in [-0.4, -0.2) is 37.6 Å².